The number of rotatable bonds is 10. The number of benzene rings is 2. The van der Waals surface area contributed by atoms with E-state index in [4.69, 9.17) is 9.47 Å². The number of ether oxygens (including phenoxy) is 2. The SMILES string of the molecule is CC(C)(C)OC(=O)CCC(NC(=O)c1cc(OC2CCCC2)nc(-c2ccccc2)n1)C(=O)N1CCN(C(=O)c2ccccc2)CC1. The molecule has 3 aromatic rings. The Morgan fingerprint density at radius 1 is 0.872 bits per heavy atom. The lowest BCUT2D eigenvalue weighted by molar-refractivity contribution is -0.155. The molecule has 0 spiro atoms. The topological polar surface area (TPSA) is 131 Å². The Labute approximate surface area is 275 Å². The Balaban J connectivity index is 1.33. The van der Waals surface area contributed by atoms with E-state index in [-0.39, 0.29) is 36.5 Å². The third-order valence-corrected chi connectivity index (χ3v) is 8.12. The van der Waals surface area contributed by atoms with Crippen LogP contribution in [0.5, 0.6) is 5.88 Å². The number of esters is 1. The van der Waals surface area contributed by atoms with E-state index >= 15 is 0 Å². The number of hydrogen-bond donors (Lipinski definition) is 1. The van der Waals surface area contributed by atoms with Crippen molar-refractivity contribution in [2.75, 3.05) is 26.2 Å². The Hall–Kier alpha value is -4.80. The summed E-state index contributed by atoms with van der Waals surface area (Å²) in [6, 6.07) is 18.8. The molecule has 5 rings (SSSR count). The van der Waals surface area contributed by atoms with Crippen molar-refractivity contribution >= 4 is 23.7 Å². The van der Waals surface area contributed by atoms with Crippen LogP contribution in [0, 0.1) is 0 Å². The largest absolute Gasteiger partial charge is 0.474 e. The minimum absolute atomic E-state index is 0.0139. The molecule has 1 atom stereocenters. The molecule has 1 saturated carbocycles. The highest BCUT2D eigenvalue weighted by Gasteiger charge is 2.32. The van der Waals surface area contributed by atoms with Crippen LogP contribution in [0.25, 0.3) is 11.4 Å². The van der Waals surface area contributed by atoms with Crippen molar-refractivity contribution in [3.05, 3.63) is 78.0 Å². The van der Waals surface area contributed by atoms with Crippen LogP contribution >= 0.6 is 0 Å². The van der Waals surface area contributed by atoms with Crippen LogP contribution in [0.3, 0.4) is 0 Å². The second-order valence-electron chi connectivity index (χ2n) is 12.9. The Morgan fingerprint density at radius 2 is 1.49 bits per heavy atom. The third-order valence-electron chi connectivity index (χ3n) is 8.12. The van der Waals surface area contributed by atoms with Gasteiger partial charge in [0, 0.05) is 49.8 Å². The summed E-state index contributed by atoms with van der Waals surface area (Å²) in [5.74, 6) is -0.854. The maximum atomic E-state index is 13.9. The van der Waals surface area contributed by atoms with Gasteiger partial charge in [0.2, 0.25) is 11.8 Å². The summed E-state index contributed by atoms with van der Waals surface area (Å²) in [5.41, 5.74) is 0.677. The molecule has 248 valence electrons. The second kappa shape index (κ2) is 15.2. The standard InChI is InChI=1S/C36H43N5O6/c1-36(2,3)47-31(42)19-18-28(35(45)41-22-20-40(21-23-41)34(44)26-14-8-5-9-15-26)38-33(43)29-24-30(46-27-16-10-11-17-27)39-32(37-29)25-12-6-4-7-13-25/h4-9,12-15,24,27-28H,10-11,16-23H2,1-3H3,(H,38,43). The van der Waals surface area contributed by atoms with Crippen LogP contribution < -0.4 is 10.1 Å². The fourth-order valence-corrected chi connectivity index (χ4v) is 5.75. The molecule has 0 bridgehead atoms. The number of amides is 3. The van der Waals surface area contributed by atoms with Crippen molar-refractivity contribution in [2.24, 2.45) is 0 Å². The molecule has 3 amide bonds. The average molecular weight is 642 g/mol. The van der Waals surface area contributed by atoms with E-state index in [0.29, 0.717) is 43.4 Å². The first-order valence-corrected chi connectivity index (χ1v) is 16.3. The molecule has 1 aliphatic carbocycles. The maximum Gasteiger partial charge on any atom is 0.306 e. The summed E-state index contributed by atoms with van der Waals surface area (Å²) < 4.78 is 11.6. The predicted molar refractivity (Wildman–Crippen MR) is 176 cm³/mol. The number of nitrogens with one attached hydrogen (secondary N) is 1. The minimum Gasteiger partial charge on any atom is -0.474 e. The zero-order valence-corrected chi connectivity index (χ0v) is 27.3. The van der Waals surface area contributed by atoms with Gasteiger partial charge in [0.1, 0.15) is 23.4 Å². The summed E-state index contributed by atoms with van der Waals surface area (Å²) in [6.07, 6.45) is 3.95. The molecule has 11 nitrogen and oxygen atoms in total. The van der Waals surface area contributed by atoms with E-state index in [1.165, 1.54) is 6.07 Å². The van der Waals surface area contributed by atoms with Crippen molar-refractivity contribution in [1.82, 2.24) is 25.1 Å². The van der Waals surface area contributed by atoms with Crippen LogP contribution in [-0.2, 0) is 14.3 Å². The highest BCUT2D eigenvalue weighted by molar-refractivity contribution is 5.97. The quantitative estimate of drug-likeness (QED) is 0.316. The number of aromatic nitrogens is 2. The van der Waals surface area contributed by atoms with E-state index in [1.807, 2.05) is 48.5 Å². The van der Waals surface area contributed by atoms with Crippen molar-refractivity contribution < 1.29 is 28.7 Å². The van der Waals surface area contributed by atoms with E-state index in [0.717, 1.165) is 31.2 Å². The molecular formula is C36H43N5O6. The zero-order valence-electron chi connectivity index (χ0n) is 27.3. The number of carbonyl (C=O) groups is 4. The molecule has 1 aliphatic heterocycles. The molecule has 2 aromatic carbocycles. The Bertz CT molecular complexity index is 1550. The van der Waals surface area contributed by atoms with Gasteiger partial charge in [-0.3, -0.25) is 19.2 Å². The van der Waals surface area contributed by atoms with Crippen molar-refractivity contribution in [3.8, 4) is 17.3 Å². The lowest BCUT2D eigenvalue weighted by Crippen LogP contribution is -2.56. The maximum absolute atomic E-state index is 13.9. The highest BCUT2D eigenvalue weighted by atomic mass is 16.6. The normalized spacial score (nSPS) is 16.0. The molecule has 2 aliphatic rings. The monoisotopic (exact) mass is 641 g/mol. The fourth-order valence-electron chi connectivity index (χ4n) is 5.75. The summed E-state index contributed by atoms with van der Waals surface area (Å²) in [4.78, 5) is 65.8. The first-order valence-electron chi connectivity index (χ1n) is 16.3. The number of nitrogens with zero attached hydrogens (tertiary/aromatic N) is 4. The predicted octanol–water partition coefficient (Wildman–Crippen LogP) is 4.67. The van der Waals surface area contributed by atoms with Crippen LogP contribution in [0.4, 0.5) is 0 Å². The summed E-state index contributed by atoms with van der Waals surface area (Å²) in [6.45, 7) is 6.60. The lowest BCUT2D eigenvalue weighted by Gasteiger charge is -2.36. The molecule has 1 N–H and O–H groups in total. The van der Waals surface area contributed by atoms with Crippen LogP contribution in [-0.4, -0.2) is 87.4 Å². The van der Waals surface area contributed by atoms with Gasteiger partial charge in [-0.05, 0) is 65.0 Å². The molecule has 2 heterocycles. The van der Waals surface area contributed by atoms with Crippen LogP contribution in [0.1, 0.15) is 80.1 Å². The van der Waals surface area contributed by atoms with Gasteiger partial charge in [-0.1, -0.05) is 48.5 Å². The van der Waals surface area contributed by atoms with Gasteiger partial charge in [0.05, 0.1) is 0 Å². The van der Waals surface area contributed by atoms with Gasteiger partial charge in [0.15, 0.2) is 5.82 Å². The Morgan fingerprint density at radius 3 is 2.13 bits per heavy atom. The van der Waals surface area contributed by atoms with Gasteiger partial charge >= 0.3 is 5.97 Å². The molecule has 1 aromatic heterocycles. The van der Waals surface area contributed by atoms with Gasteiger partial charge in [-0.15, -0.1) is 0 Å². The van der Waals surface area contributed by atoms with Gasteiger partial charge in [-0.25, -0.2) is 4.98 Å². The van der Waals surface area contributed by atoms with E-state index < -0.39 is 23.5 Å². The van der Waals surface area contributed by atoms with E-state index in [1.54, 1.807) is 42.7 Å². The number of hydrogen-bond acceptors (Lipinski definition) is 8. The molecule has 2 fully saturated rings. The molecule has 1 unspecified atom stereocenters. The molecule has 47 heavy (non-hydrogen) atoms. The van der Waals surface area contributed by atoms with E-state index in [2.05, 4.69) is 15.3 Å². The molecule has 1 saturated heterocycles. The van der Waals surface area contributed by atoms with Crippen molar-refractivity contribution in [2.45, 2.75) is 77.0 Å². The number of piperazine rings is 1. The first kappa shape index (κ1) is 33.6. The first-order chi connectivity index (χ1) is 22.6. The van der Waals surface area contributed by atoms with E-state index in [9.17, 15) is 19.2 Å². The highest BCUT2D eigenvalue weighted by Crippen LogP contribution is 2.26. The second-order valence-corrected chi connectivity index (χ2v) is 12.9. The summed E-state index contributed by atoms with van der Waals surface area (Å²) in [7, 11) is 0. The lowest BCUT2D eigenvalue weighted by atomic mass is 10.1. The van der Waals surface area contributed by atoms with Crippen LogP contribution in [0.15, 0.2) is 66.7 Å². The van der Waals surface area contributed by atoms with Gasteiger partial charge < -0.3 is 24.6 Å². The summed E-state index contributed by atoms with van der Waals surface area (Å²) >= 11 is 0. The third kappa shape index (κ3) is 9.37. The van der Waals surface area contributed by atoms with Crippen LogP contribution in [0.2, 0.25) is 0 Å². The fraction of sp³-hybridized carbons (Fsp3) is 0.444. The Kier molecular flexibility index (Phi) is 10.8. The number of carbonyl (C=O) groups excluding carboxylic acids is 4. The summed E-state index contributed by atoms with van der Waals surface area (Å²) in [5, 5.41) is 2.84. The van der Waals surface area contributed by atoms with Crippen molar-refractivity contribution in [3.63, 3.8) is 0 Å². The smallest absolute Gasteiger partial charge is 0.306 e. The minimum atomic E-state index is -1.03. The zero-order chi connectivity index (χ0) is 33.4. The molecule has 11 heteroatoms. The van der Waals surface area contributed by atoms with Crippen molar-refractivity contribution in [1.29, 1.82) is 0 Å². The molecule has 0 radical (unpaired) electrons. The van der Waals surface area contributed by atoms with Gasteiger partial charge in [-0.2, -0.15) is 4.98 Å². The average Bonchev–Trinajstić information content (AvgIpc) is 3.59. The molecular weight excluding hydrogens is 598 g/mol. The van der Waals surface area contributed by atoms with Gasteiger partial charge in [0.25, 0.3) is 11.8 Å².